The van der Waals surface area contributed by atoms with Crippen LogP contribution in [-0.2, 0) is 10.8 Å². The van der Waals surface area contributed by atoms with Crippen molar-refractivity contribution in [2.45, 2.75) is 24.7 Å². The van der Waals surface area contributed by atoms with Gasteiger partial charge in [-0.05, 0) is 60.4 Å². The Morgan fingerprint density at radius 2 is 0.893 bits per heavy atom. The molecule has 0 radical (unpaired) electrons. The van der Waals surface area contributed by atoms with Crippen LogP contribution in [0.3, 0.4) is 0 Å². The summed E-state index contributed by atoms with van der Waals surface area (Å²) in [6.45, 7) is 4.48. The van der Waals surface area contributed by atoms with E-state index in [2.05, 4.69) is 86.7 Å². The third-order valence-electron chi connectivity index (χ3n) is 5.95. The number of benzene rings is 2. The Balaban J connectivity index is 2.00. The number of hydrogen-bond donors (Lipinski definition) is 2. The van der Waals surface area contributed by atoms with E-state index in [1.165, 1.54) is 22.3 Å². The molecule has 4 N–H and O–H groups in total. The molecule has 2 heteroatoms. The molecule has 2 nitrogen and oxygen atoms in total. The van der Waals surface area contributed by atoms with Crippen LogP contribution in [-0.4, -0.2) is 0 Å². The Labute approximate surface area is 167 Å². The molecule has 0 fully saturated rings. The predicted octanol–water partition coefficient (Wildman–Crippen LogP) is 5.02. The first-order valence-electron chi connectivity index (χ1n) is 9.62. The van der Waals surface area contributed by atoms with Crippen LogP contribution in [0.2, 0.25) is 0 Å². The van der Waals surface area contributed by atoms with Crippen molar-refractivity contribution >= 4 is 0 Å². The molecular formula is C26H26N2. The highest BCUT2D eigenvalue weighted by Gasteiger charge is 2.38. The maximum absolute atomic E-state index is 6.24. The van der Waals surface area contributed by atoms with Crippen LogP contribution in [0.15, 0.2) is 120 Å². The van der Waals surface area contributed by atoms with Crippen molar-refractivity contribution in [1.82, 2.24) is 0 Å². The fourth-order valence-electron chi connectivity index (χ4n) is 4.41. The number of hydrogen-bond acceptors (Lipinski definition) is 2. The highest BCUT2D eigenvalue weighted by atomic mass is 14.6. The van der Waals surface area contributed by atoms with E-state index in [1.807, 2.05) is 24.3 Å². The van der Waals surface area contributed by atoms with Gasteiger partial charge in [-0.3, -0.25) is 0 Å². The highest BCUT2D eigenvalue weighted by molar-refractivity contribution is 5.62. The molecule has 2 aliphatic carbocycles. The zero-order chi connectivity index (χ0) is 19.8. The largest absolute Gasteiger partial charge is 0.399 e. The van der Waals surface area contributed by atoms with Crippen LogP contribution in [0.1, 0.15) is 25.0 Å². The second-order valence-corrected chi connectivity index (χ2v) is 7.92. The first-order valence-corrected chi connectivity index (χ1v) is 9.62. The summed E-state index contributed by atoms with van der Waals surface area (Å²) in [6, 6.07) is 21.1. The molecule has 2 aliphatic rings. The molecule has 28 heavy (non-hydrogen) atoms. The van der Waals surface area contributed by atoms with Gasteiger partial charge in [0.1, 0.15) is 0 Å². The smallest absolute Gasteiger partial charge is 0.0379 e. The summed E-state index contributed by atoms with van der Waals surface area (Å²) >= 11 is 0. The first-order chi connectivity index (χ1) is 13.4. The molecule has 4 rings (SSSR count). The van der Waals surface area contributed by atoms with Crippen LogP contribution in [0.25, 0.3) is 0 Å². The molecule has 0 amide bonds. The average Bonchev–Trinajstić information content (AvgIpc) is 2.70. The van der Waals surface area contributed by atoms with Gasteiger partial charge in [-0.15, -0.1) is 0 Å². The summed E-state index contributed by atoms with van der Waals surface area (Å²) in [5.41, 5.74) is 18.3. The number of nitrogens with two attached hydrogens (primary N) is 2. The lowest BCUT2D eigenvalue weighted by atomic mass is 9.64. The molecule has 2 atom stereocenters. The van der Waals surface area contributed by atoms with Crippen LogP contribution < -0.4 is 11.5 Å². The first kappa shape index (κ1) is 18.1. The van der Waals surface area contributed by atoms with Crippen molar-refractivity contribution in [1.29, 1.82) is 0 Å². The normalized spacial score (nSPS) is 29.4. The second kappa shape index (κ2) is 6.72. The van der Waals surface area contributed by atoms with E-state index in [4.69, 9.17) is 11.5 Å². The second-order valence-electron chi connectivity index (χ2n) is 7.92. The van der Waals surface area contributed by atoms with Crippen LogP contribution in [0.4, 0.5) is 0 Å². The van der Waals surface area contributed by atoms with E-state index in [1.54, 1.807) is 0 Å². The van der Waals surface area contributed by atoms with Gasteiger partial charge in [0.25, 0.3) is 0 Å². The molecule has 0 saturated heterocycles. The molecule has 140 valence electrons. The van der Waals surface area contributed by atoms with Gasteiger partial charge in [-0.2, -0.15) is 0 Å². The third-order valence-corrected chi connectivity index (χ3v) is 5.95. The van der Waals surface area contributed by atoms with Crippen molar-refractivity contribution in [3.05, 3.63) is 131 Å². The van der Waals surface area contributed by atoms with E-state index in [9.17, 15) is 0 Å². The zero-order valence-corrected chi connectivity index (χ0v) is 16.4. The molecule has 2 aromatic rings. The van der Waals surface area contributed by atoms with Crippen LogP contribution in [0, 0.1) is 0 Å². The minimum absolute atomic E-state index is 0.324. The Morgan fingerprint density at radius 3 is 1.25 bits per heavy atom. The van der Waals surface area contributed by atoms with Crippen molar-refractivity contribution in [2.24, 2.45) is 11.5 Å². The molecule has 0 saturated carbocycles. The molecule has 0 bridgehead atoms. The number of rotatable bonds is 2. The van der Waals surface area contributed by atoms with Gasteiger partial charge < -0.3 is 11.5 Å². The SMILES string of the molecule is CC1(c2ccccc2)C=C(N)C=C/C1=C1\C=CC(N)=CC1(C)c1ccccc1. The zero-order valence-electron chi connectivity index (χ0n) is 16.4. The minimum Gasteiger partial charge on any atom is -0.399 e. The van der Waals surface area contributed by atoms with E-state index < -0.39 is 0 Å². The molecule has 2 unspecified atom stereocenters. The van der Waals surface area contributed by atoms with E-state index in [-0.39, 0.29) is 10.8 Å². The topological polar surface area (TPSA) is 52.0 Å². The number of allylic oxidation sites excluding steroid dienone is 8. The summed E-state index contributed by atoms with van der Waals surface area (Å²) in [5.74, 6) is 0. The van der Waals surface area contributed by atoms with Crippen molar-refractivity contribution in [3.8, 4) is 0 Å². The van der Waals surface area contributed by atoms with Gasteiger partial charge in [0.2, 0.25) is 0 Å². The Bertz CT molecular complexity index is 953. The Hall–Kier alpha value is -3.26. The third kappa shape index (κ3) is 2.91. The maximum Gasteiger partial charge on any atom is 0.0379 e. The van der Waals surface area contributed by atoms with E-state index >= 15 is 0 Å². The summed E-state index contributed by atoms with van der Waals surface area (Å²) in [7, 11) is 0. The van der Waals surface area contributed by atoms with E-state index in [0.717, 1.165) is 11.4 Å². The van der Waals surface area contributed by atoms with Gasteiger partial charge in [-0.25, -0.2) is 0 Å². The molecule has 0 heterocycles. The minimum atomic E-state index is -0.324. The van der Waals surface area contributed by atoms with Gasteiger partial charge >= 0.3 is 0 Å². The predicted molar refractivity (Wildman–Crippen MR) is 117 cm³/mol. The molecule has 0 spiro atoms. The van der Waals surface area contributed by atoms with Crippen LogP contribution in [0.5, 0.6) is 0 Å². The van der Waals surface area contributed by atoms with Crippen molar-refractivity contribution < 1.29 is 0 Å². The van der Waals surface area contributed by atoms with Crippen molar-refractivity contribution in [3.63, 3.8) is 0 Å². The standard InChI is InChI=1S/C26H26N2/c1-25(19-9-5-3-6-10-19)17-21(27)13-15-23(25)24-16-14-22(28)18-26(24,2)20-11-7-4-8-12-20/h3-18H,27-28H2,1-2H3/b24-23-. The lowest BCUT2D eigenvalue weighted by Crippen LogP contribution is -2.33. The van der Waals surface area contributed by atoms with Gasteiger partial charge in [-0.1, -0.05) is 72.8 Å². The maximum atomic E-state index is 6.24. The molecule has 2 aromatic carbocycles. The lowest BCUT2D eigenvalue weighted by molar-refractivity contribution is 0.646. The van der Waals surface area contributed by atoms with Gasteiger partial charge in [0, 0.05) is 22.2 Å². The summed E-state index contributed by atoms with van der Waals surface area (Å²) < 4.78 is 0. The van der Waals surface area contributed by atoms with Crippen molar-refractivity contribution in [2.75, 3.05) is 0 Å². The molecule has 0 aromatic heterocycles. The lowest BCUT2D eigenvalue weighted by Gasteiger charge is -2.39. The fraction of sp³-hybridized carbons (Fsp3) is 0.154. The summed E-state index contributed by atoms with van der Waals surface area (Å²) in [4.78, 5) is 0. The van der Waals surface area contributed by atoms with Gasteiger partial charge in [0.05, 0.1) is 0 Å². The monoisotopic (exact) mass is 366 g/mol. The van der Waals surface area contributed by atoms with Crippen LogP contribution >= 0.6 is 0 Å². The molecular weight excluding hydrogens is 340 g/mol. The summed E-state index contributed by atoms with van der Waals surface area (Å²) in [6.07, 6.45) is 12.6. The van der Waals surface area contributed by atoms with Gasteiger partial charge in [0.15, 0.2) is 0 Å². The average molecular weight is 367 g/mol. The quantitative estimate of drug-likeness (QED) is 0.784. The van der Waals surface area contributed by atoms with E-state index in [0.29, 0.717) is 0 Å². The fourth-order valence-corrected chi connectivity index (χ4v) is 4.41. The Kier molecular flexibility index (Phi) is 4.35. The molecule has 0 aliphatic heterocycles. The Morgan fingerprint density at radius 1 is 0.536 bits per heavy atom. The highest BCUT2D eigenvalue weighted by Crippen LogP contribution is 2.46. The summed E-state index contributed by atoms with van der Waals surface area (Å²) in [5, 5.41) is 0.